The van der Waals surface area contributed by atoms with E-state index in [4.69, 9.17) is 0 Å². The van der Waals surface area contributed by atoms with Crippen molar-refractivity contribution < 1.29 is 36.4 Å². The molecule has 0 aromatic heterocycles. The predicted octanol–water partition coefficient (Wildman–Crippen LogP) is 9.61. The Hall–Kier alpha value is -3.72. The van der Waals surface area contributed by atoms with E-state index in [0.717, 1.165) is 70.4 Å². The first-order valence-electron chi connectivity index (χ1n) is 15.3. The molecule has 0 aliphatic carbocycles. The van der Waals surface area contributed by atoms with Crippen molar-refractivity contribution in [1.29, 1.82) is 0 Å². The van der Waals surface area contributed by atoms with Gasteiger partial charge in [-0.25, -0.2) is 0 Å². The number of nitrogens with one attached hydrogen (secondary N) is 1. The Morgan fingerprint density at radius 2 is 1.02 bits per heavy atom. The van der Waals surface area contributed by atoms with Crippen LogP contribution in [0.2, 0.25) is 0 Å². The second kappa shape index (κ2) is 19.6. The van der Waals surface area contributed by atoms with Crippen molar-refractivity contribution in [2.45, 2.75) is 46.5 Å². The zero-order chi connectivity index (χ0) is 31.9. The third-order valence-corrected chi connectivity index (χ3v) is 7.23. The number of rotatable bonds is 8. The van der Waals surface area contributed by atoms with Crippen molar-refractivity contribution in [1.82, 2.24) is 5.32 Å². The average molecular weight is 677 g/mol. The van der Waals surface area contributed by atoms with Crippen LogP contribution in [0.4, 0.5) is 0 Å². The van der Waals surface area contributed by atoms with Gasteiger partial charge in [-0.3, -0.25) is 0 Å². The van der Waals surface area contributed by atoms with Gasteiger partial charge in [-0.05, 0) is 79.6 Å². The third-order valence-electron chi connectivity index (χ3n) is 7.23. The molecule has 4 heteroatoms. The first-order valence-corrected chi connectivity index (χ1v) is 15.3. The largest absolute Gasteiger partial charge is 3.00 e. The summed E-state index contributed by atoms with van der Waals surface area (Å²) in [6.07, 6.45) is 1.53. The van der Waals surface area contributed by atoms with Crippen LogP contribution in [0.5, 0.6) is 11.5 Å². The molecule has 0 aliphatic heterocycles. The Kier molecular flexibility index (Phi) is 16.3. The van der Waals surface area contributed by atoms with Gasteiger partial charge in [-0.15, -0.1) is 24.3 Å². The fraction of sp³-hybridized carbons (Fsp3) is 0.220. The molecule has 231 valence electrons. The zero-order valence-electron chi connectivity index (χ0n) is 27.2. The Morgan fingerprint density at radius 1 is 0.600 bits per heavy atom. The molecule has 0 saturated heterocycles. The van der Waals surface area contributed by atoms with E-state index in [9.17, 15) is 10.2 Å². The average Bonchev–Trinajstić information content (AvgIpc) is 3.01. The maximum Gasteiger partial charge on any atom is 3.00 e. The molecule has 0 amide bonds. The third kappa shape index (κ3) is 12.7. The van der Waals surface area contributed by atoms with Gasteiger partial charge in [0.1, 0.15) is 11.5 Å². The summed E-state index contributed by atoms with van der Waals surface area (Å²) in [6, 6.07) is 38.0. The summed E-state index contributed by atoms with van der Waals surface area (Å²) in [5.74, 6) is 1.10. The molecule has 45 heavy (non-hydrogen) atoms. The zero-order valence-corrected chi connectivity index (χ0v) is 29.6. The molecule has 0 saturated carbocycles. The van der Waals surface area contributed by atoms with Crippen molar-refractivity contribution >= 4 is 0 Å². The Labute approximate surface area is 290 Å². The minimum Gasteiger partial charge on any atom is -0.507 e. The van der Waals surface area contributed by atoms with Crippen molar-refractivity contribution in [3.8, 4) is 22.6 Å². The standard InChI is InChI=1S/C27H33NO2.2C7H7.Zr/c1-18(2)24-16-19(3)14-22(26(24)29)10-12-28-13-11-23-15-20(4)17-25(27(23)30)21-8-6-5-7-9-21;2*1-7-5-3-2-4-6-7;/h5-9,14-18,28-30H,10-13H2,1-4H3;2*2-6H,1H2;/q;2*-1;+3. The van der Waals surface area contributed by atoms with Crippen LogP contribution in [-0.4, -0.2) is 23.3 Å². The molecule has 3 nitrogen and oxygen atoms in total. The maximum atomic E-state index is 10.8. The van der Waals surface area contributed by atoms with E-state index in [1.54, 1.807) is 0 Å². The number of benzene rings is 5. The van der Waals surface area contributed by atoms with Crippen molar-refractivity contribution in [3.63, 3.8) is 0 Å². The summed E-state index contributed by atoms with van der Waals surface area (Å²) in [4.78, 5) is 0. The summed E-state index contributed by atoms with van der Waals surface area (Å²) in [6.45, 7) is 17.4. The minimum absolute atomic E-state index is 0. The molecule has 0 unspecified atom stereocenters. The van der Waals surface area contributed by atoms with Gasteiger partial charge in [-0.1, -0.05) is 80.1 Å². The fourth-order valence-electron chi connectivity index (χ4n) is 4.92. The van der Waals surface area contributed by atoms with Crippen molar-refractivity contribution in [2.75, 3.05) is 13.1 Å². The van der Waals surface area contributed by atoms with Crippen LogP contribution in [0, 0.1) is 27.7 Å². The van der Waals surface area contributed by atoms with E-state index < -0.39 is 0 Å². The van der Waals surface area contributed by atoms with Crippen LogP contribution >= 0.6 is 0 Å². The summed E-state index contributed by atoms with van der Waals surface area (Å²) in [7, 11) is 0. The second-order valence-corrected chi connectivity index (χ2v) is 11.4. The van der Waals surface area contributed by atoms with Gasteiger partial charge >= 0.3 is 26.2 Å². The predicted molar refractivity (Wildman–Crippen MR) is 187 cm³/mol. The van der Waals surface area contributed by atoms with Crippen LogP contribution in [0.15, 0.2) is 115 Å². The number of phenolic OH excluding ortho intramolecular Hbond substituents is 2. The Balaban J connectivity index is 0.000000384. The van der Waals surface area contributed by atoms with E-state index in [1.807, 2.05) is 97.1 Å². The smallest absolute Gasteiger partial charge is 0.507 e. The molecule has 0 spiro atoms. The molecule has 1 radical (unpaired) electrons. The monoisotopic (exact) mass is 675 g/mol. The molecule has 0 bridgehead atoms. The molecule has 0 fully saturated rings. The van der Waals surface area contributed by atoms with Crippen LogP contribution in [0.1, 0.15) is 58.7 Å². The molecule has 5 aromatic carbocycles. The molecule has 5 aromatic rings. The Bertz CT molecular complexity index is 1510. The topological polar surface area (TPSA) is 52.5 Å². The number of phenols is 2. The SMILES string of the molecule is Cc1cc(CCNCCc2cc(C)cc(C(C)C)c2O)c(O)c(-c2ccccc2)c1.[CH2-]c1ccccc1.[CH2-]c1ccccc1.[Zr+3]. The maximum absolute atomic E-state index is 10.8. The summed E-state index contributed by atoms with van der Waals surface area (Å²) >= 11 is 0. The van der Waals surface area contributed by atoms with Crippen LogP contribution in [-0.2, 0) is 39.0 Å². The van der Waals surface area contributed by atoms with E-state index >= 15 is 0 Å². The van der Waals surface area contributed by atoms with Crippen molar-refractivity contribution in [3.05, 3.63) is 168 Å². The summed E-state index contributed by atoms with van der Waals surface area (Å²) < 4.78 is 0. The van der Waals surface area contributed by atoms with Crippen LogP contribution in [0.3, 0.4) is 0 Å². The van der Waals surface area contributed by atoms with Crippen LogP contribution in [0.25, 0.3) is 11.1 Å². The molecule has 0 heterocycles. The molecule has 3 N–H and O–H groups in total. The Morgan fingerprint density at radius 3 is 1.44 bits per heavy atom. The van der Waals surface area contributed by atoms with Gasteiger partial charge in [-0.2, -0.15) is 49.2 Å². The fourth-order valence-corrected chi connectivity index (χ4v) is 4.92. The molecular formula is C41H47NO2Zr+. The van der Waals surface area contributed by atoms with E-state index in [2.05, 4.69) is 65.1 Å². The summed E-state index contributed by atoms with van der Waals surface area (Å²) in [5.41, 5.74) is 9.36. The quantitative estimate of drug-likeness (QED) is 0.113. The van der Waals surface area contributed by atoms with E-state index in [1.165, 1.54) is 5.56 Å². The molecule has 0 atom stereocenters. The van der Waals surface area contributed by atoms with Crippen molar-refractivity contribution in [2.24, 2.45) is 0 Å². The first-order chi connectivity index (χ1) is 21.2. The van der Waals surface area contributed by atoms with Gasteiger partial charge in [0, 0.05) is 5.56 Å². The number of aromatic hydroxyl groups is 2. The summed E-state index contributed by atoms with van der Waals surface area (Å²) in [5, 5.41) is 24.8. The first kappa shape index (κ1) is 37.5. The van der Waals surface area contributed by atoms with Gasteiger partial charge in [0.25, 0.3) is 0 Å². The van der Waals surface area contributed by atoms with Gasteiger partial charge in [0.2, 0.25) is 0 Å². The normalized spacial score (nSPS) is 10.2. The number of aryl methyl sites for hydroxylation is 2. The van der Waals surface area contributed by atoms with Gasteiger partial charge in [0.05, 0.1) is 0 Å². The number of hydrogen-bond acceptors (Lipinski definition) is 3. The van der Waals surface area contributed by atoms with Gasteiger partial charge < -0.3 is 15.5 Å². The second-order valence-electron chi connectivity index (χ2n) is 11.4. The molecule has 0 aliphatic rings. The van der Waals surface area contributed by atoms with Gasteiger partial charge in [0.15, 0.2) is 0 Å². The number of hydrogen-bond donors (Lipinski definition) is 3. The minimum atomic E-state index is 0. The van der Waals surface area contributed by atoms with E-state index in [0.29, 0.717) is 17.4 Å². The van der Waals surface area contributed by atoms with Crippen LogP contribution < -0.4 is 5.32 Å². The van der Waals surface area contributed by atoms with E-state index in [-0.39, 0.29) is 26.2 Å². The molecule has 5 rings (SSSR count). The molecular weight excluding hydrogens is 630 g/mol.